The molecule has 1 aliphatic rings. The summed E-state index contributed by atoms with van der Waals surface area (Å²) >= 11 is 0. The lowest BCUT2D eigenvalue weighted by Gasteiger charge is -2.13. The molecule has 0 N–H and O–H groups in total. The molecule has 2 rings (SSSR count). The van der Waals surface area contributed by atoms with E-state index >= 15 is 0 Å². The Hall–Kier alpha value is -2.28. The predicted octanol–water partition coefficient (Wildman–Crippen LogP) is 5.89. The van der Waals surface area contributed by atoms with E-state index in [0.717, 1.165) is 6.54 Å². The molecular weight excluding hydrogens is 266 g/mol. The highest BCUT2D eigenvalue weighted by Crippen LogP contribution is 2.39. The second-order valence-electron chi connectivity index (χ2n) is 5.53. The van der Waals surface area contributed by atoms with Gasteiger partial charge in [-0.1, -0.05) is 49.1 Å². The standard InChI is InChI=1S/C21H25N/c1-6-11-18(16(4)8-3)17(5)20-15-22(14-7-2)21-13-10-9-12-19(20)21/h6-14H,3,15H2,1-2,4-5H3/b11-6-,14-7+,18-16+,20-17-. The topological polar surface area (TPSA) is 3.24 Å². The number of benzene rings is 1. The molecule has 1 heteroatoms. The van der Waals surface area contributed by atoms with Gasteiger partial charge < -0.3 is 4.90 Å². The van der Waals surface area contributed by atoms with Crippen molar-refractivity contribution in [1.82, 2.24) is 0 Å². The average molecular weight is 291 g/mol. The number of para-hydroxylation sites is 1. The first-order chi connectivity index (χ1) is 10.6. The summed E-state index contributed by atoms with van der Waals surface area (Å²) in [7, 11) is 0. The zero-order valence-electron chi connectivity index (χ0n) is 14.1. The minimum absolute atomic E-state index is 0.918. The van der Waals surface area contributed by atoms with Crippen LogP contribution in [0.25, 0.3) is 5.57 Å². The predicted molar refractivity (Wildman–Crippen MR) is 98.9 cm³/mol. The minimum atomic E-state index is 0.918. The highest BCUT2D eigenvalue weighted by molar-refractivity contribution is 5.89. The summed E-state index contributed by atoms with van der Waals surface area (Å²) < 4.78 is 0. The van der Waals surface area contributed by atoms with Crippen LogP contribution in [0.1, 0.15) is 33.3 Å². The van der Waals surface area contributed by atoms with Crippen molar-refractivity contribution in [3.05, 3.63) is 83.6 Å². The van der Waals surface area contributed by atoms with Gasteiger partial charge in [0.25, 0.3) is 0 Å². The van der Waals surface area contributed by atoms with Crippen LogP contribution in [0.2, 0.25) is 0 Å². The smallest absolute Gasteiger partial charge is 0.0486 e. The molecule has 1 nitrogen and oxygen atoms in total. The highest BCUT2D eigenvalue weighted by Gasteiger charge is 2.23. The highest BCUT2D eigenvalue weighted by atomic mass is 15.1. The fraction of sp³-hybridized carbons (Fsp3) is 0.238. The third-order valence-electron chi connectivity index (χ3n) is 4.12. The average Bonchev–Trinajstić information content (AvgIpc) is 2.91. The number of allylic oxidation sites excluding steroid dienone is 7. The number of fused-ring (bicyclic) bond motifs is 1. The molecule has 0 saturated carbocycles. The zero-order chi connectivity index (χ0) is 16.1. The van der Waals surface area contributed by atoms with Crippen molar-refractivity contribution in [2.45, 2.75) is 27.7 Å². The van der Waals surface area contributed by atoms with Gasteiger partial charge in [0.05, 0.1) is 0 Å². The van der Waals surface area contributed by atoms with Gasteiger partial charge in [-0.25, -0.2) is 0 Å². The van der Waals surface area contributed by atoms with Crippen molar-refractivity contribution in [1.29, 1.82) is 0 Å². The van der Waals surface area contributed by atoms with E-state index in [1.807, 2.05) is 6.08 Å². The van der Waals surface area contributed by atoms with Crippen LogP contribution in [0.15, 0.2) is 78.1 Å². The van der Waals surface area contributed by atoms with Gasteiger partial charge in [-0.2, -0.15) is 0 Å². The molecule has 0 aliphatic carbocycles. The van der Waals surface area contributed by atoms with Gasteiger partial charge >= 0.3 is 0 Å². The number of hydrogen-bond donors (Lipinski definition) is 0. The summed E-state index contributed by atoms with van der Waals surface area (Å²) in [6.45, 7) is 13.3. The summed E-state index contributed by atoms with van der Waals surface area (Å²) in [5.74, 6) is 0. The number of hydrogen-bond acceptors (Lipinski definition) is 1. The molecule has 0 unspecified atom stereocenters. The minimum Gasteiger partial charge on any atom is -0.343 e. The lowest BCUT2D eigenvalue weighted by molar-refractivity contribution is 1.14. The monoisotopic (exact) mass is 291 g/mol. The first kappa shape index (κ1) is 16.1. The van der Waals surface area contributed by atoms with Crippen molar-refractivity contribution in [2.75, 3.05) is 11.4 Å². The van der Waals surface area contributed by atoms with E-state index < -0.39 is 0 Å². The second-order valence-corrected chi connectivity index (χ2v) is 5.53. The molecule has 1 aromatic rings. The van der Waals surface area contributed by atoms with Gasteiger partial charge in [-0.15, -0.1) is 0 Å². The Labute approximate surface area is 134 Å². The second kappa shape index (κ2) is 7.13. The number of nitrogens with zero attached hydrogens (tertiary/aromatic N) is 1. The zero-order valence-corrected chi connectivity index (χ0v) is 14.1. The van der Waals surface area contributed by atoms with Gasteiger partial charge in [0.2, 0.25) is 0 Å². The van der Waals surface area contributed by atoms with Gasteiger partial charge in [0, 0.05) is 24.0 Å². The van der Waals surface area contributed by atoms with E-state index in [2.05, 4.69) is 87.9 Å². The van der Waals surface area contributed by atoms with E-state index in [0.29, 0.717) is 0 Å². The van der Waals surface area contributed by atoms with E-state index in [1.54, 1.807) is 0 Å². The maximum atomic E-state index is 3.93. The molecule has 0 bridgehead atoms. The molecule has 22 heavy (non-hydrogen) atoms. The largest absolute Gasteiger partial charge is 0.343 e. The van der Waals surface area contributed by atoms with Crippen LogP contribution in [-0.2, 0) is 0 Å². The molecule has 1 heterocycles. The molecule has 1 aliphatic heterocycles. The third-order valence-corrected chi connectivity index (χ3v) is 4.12. The quantitative estimate of drug-likeness (QED) is 0.625. The maximum Gasteiger partial charge on any atom is 0.0486 e. The van der Waals surface area contributed by atoms with E-state index in [9.17, 15) is 0 Å². The molecule has 0 amide bonds. The van der Waals surface area contributed by atoms with E-state index in [-0.39, 0.29) is 0 Å². The van der Waals surface area contributed by atoms with Crippen LogP contribution >= 0.6 is 0 Å². The Morgan fingerprint density at radius 2 is 1.86 bits per heavy atom. The molecule has 0 spiro atoms. The summed E-state index contributed by atoms with van der Waals surface area (Å²) in [5, 5.41) is 0. The summed E-state index contributed by atoms with van der Waals surface area (Å²) in [6, 6.07) is 8.62. The van der Waals surface area contributed by atoms with E-state index in [4.69, 9.17) is 0 Å². The normalized spacial score (nSPS) is 17.9. The molecule has 0 fully saturated rings. The number of rotatable bonds is 4. The Balaban J connectivity index is 2.63. The molecular formula is C21H25N. The molecule has 0 atom stereocenters. The Kier molecular flexibility index (Phi) is 5.21. The van der Waals surface area contributed by atoms with Crippen LogP contribution in [0, 0.1) is 0 Å². The molecule has 0 aromatic heterocycles. The van der Waals surface area contributed by atoms with Gasteiger partial charge in [-0.05, 0) is 56.1 Å². The fourth-order valence-corrected chi connectivity index (χ4v) is 2.94. The lowest BCUT2D eigenvalue weighted by atomic mass is 9.93. The lowest BCUT2D eigenvalue weighted by Crippen LogP contribution is -2.11. The van der Waals surface area contributed by atoms with Crippen LogP contribution < -0.4 is 4.90 Å². The van der Waals surface area contributed by atoms with Gasteiger partial charge in [0.15, 0.2) is 0 Å². The number of anilines is 1. The van der Waals surface area contributed by atoms with Crippen LogP contribution in [0.3, 0.4) is 0 Å². The Bertz CT molecular complexity index is 684. The van der Waals surface area contributed by atoms with Gasteiger partial charge in [0.1, 0.15) is 0 Å². The maximum absolute atomic E-state index is 3.93. The molecule has 0 radical (unpaired) electrons. The fourth-order valence-electron chi connectivity index (χ4n) is 2.94. The van der Waals surface area contributed by atoms with Crippen LogP contribution in [-0.4, -0.2) is 6.54 Å². The summed E-state index contributed by atoms with van der Waals surface area (Å²) in [6.07, 6.45) is 10.5. The summed E-state index contributed by atoms with van der Waals surface area (Å²) in [4.78, 5) is 2.31. The third kappa shape index (κ3) is 2.99. The van der Waals surface area contributed by atoms with Crippen LogP contribution in [0.4, 0.5) is 5.69 Å². The van der Waals surface area contributed by atoms with E-state index in [1.165, 1.54) is 33.5 Å². The molecule has 1 aromatic carbocycles. The van der Waals surface area contributed by atoms with Crippen molar-refractivity contribution in [3.63, 3.8) is 0 Å². The van der Waals surface area contributed by atoms with Crippen molar-refractivity contribution >= 4 is 11.3 Å². The summed E-state index contributed by atoms with van der Waals surface area (Å²) in [5.41, 5.74) is 7.82. The van der Waals surface area contributed by atoms with Crippen molar-refractivity contribution in [2.24, 2.45) is 0 Å². The molecule has 0 saturated heterocycles. The van der Waals surface area contributed by atoms with Crippen LogP contribution in [0.5, 0.6) is 0 Å². The first-order valence-electron chi connectivity index (χ1n) is 7.79. The molecule has 114 valence electrons. The van der Waals surface area contributed by atoms with Crippen molar-refractivity contribution < 1.29 is 0 Å². The first-order valence-corrected chi connectivity index (χ1v) is 7.79. The van der Waals surface area contributed by atoms with Gasteiger partial charge in [-0.3, -0.25) is 0 Å². The SMILES string of the molecule is C=C/C(C)=C(\C=C/C)C(/C)=C1/CN(/C=C/C)c2ccccc21. The Morgan fingerprint density at radius 1 is 1.14 bits per heavy atom. The van der Waals surface area contributed by atoms with Crippen molar-refractivity contribution in [3.8, 4) is 0 Å². The Morgan fingerprint density at radius 3 is 2.50 bits per heavy atom.